The van der Waals surface area contributed by atoms with Gasteiger partial charge in [-0.2, -0.15) is 5.26 Å². The van der Waals surface area contributed by atoms with Crippen LogP contribution in [-0.2, 0) is 10.3 Å². The molecule has 1 aliphatic heterocycles. The van der Waals surface area contributed by atoms with Crippen LogP contribution < -0.4 is 10.5 Å². The Hall–Kier alpha value is -4.32. The molecule has 2 heterocycles. The number of carbonyl (C=O) groups excluding carboxylic acids is 1. The Morgan fingerprint density at radius 3 is 2.52 bits per heavy atom. The molecule has 0 saturated carbocycles. The molecule has 0 saturated heterocycles. The molecule has 4 rings (SSSR count). The van der Waals surface area contributed by atoms with Crippen LogP contribution in [0.3, 0.4) is 0 Å². The highest BCUT2D eigenvalue weighted by atomic mass is 19.3. The monoisotopic (exact) mass is 447 g/mol. The van der Waals surface area contributed by atoms with Crippen LogP contribution in [0.15, 0.2) is 65.7 Å². The van der Waals surface area contributed by atoms with Crippen molar-refractivity contribution in [1.29, 1.82) is 5.26 Å². The van der Waals surface area contributed by atoms with Crippen LogP contribution >= 0.6 is 0 Å². The predicted molar refractivity (Wildman–Crippen MR) is 118 cm³/mol. The van der Waals surface area contributed by atoms with Crippen LogP contribution in [-0.4, -0.2) is 35.9 Å². The molecule has 0 fully saturated rings. The molecule has 1 amide bonds. The predicted octanol–water partition coefficient (Wildman–Crippen LogP) is 3.60. The van der Waals surface area contributed by atoms with E-state index >= 15 is 0 Å². The van der Waals surface area contributed by atoms with E-state index in [0.29, 0.717) is 28.0 Å². The number of hydrogen-bond donors (Lipinski definition) is 1. The van der Waals surface area contributed by atoms with Crippen molar-refractivity contribution in [3.8, 4) is 22.9 Å². The molecule has 1 unspecified atom stereocenters. The lowest BCUT2D eigenvalue weighted by atomic mass is 9.84. The van der Waals surface area contributed by atoms with Gasteiger partial charge < -0.3 is 10.5 Å². The standard InChI is InChI=1S/C24H19F2N5O2/c1-31-22(32)24(30-23(31)28,20-8-4-7-19(29-20)21(25)26)17-10-16(11-18(12-17)33-2)15-6-3-5-14(9-15)13-27/h3-12,21H,1-2H3,(H2,28,30). The number of nitrogens with zero attached hydrogens (tertiary/aromatic N) is 4. The molecule has 1 atom stereocenters. The van der Waals surface area contributed by atoms with Gasteiger partial charge in [0.05, 0.1) is 24.4 Å². The van der Waals surface area contributed by atoms with Gasteiger partial charge in [0, 0.05) is 7.05 Å². The van der Waals surface area contributed by atoms with Crippen LogP contribution in [0.4, 0.5) is 8.78 Å². The van der Waals surface area contributed by atoms with E-state index in [1.54, 1.807) is 36.4 Å². The number of likely N-dealkylation sites (N-methyl/N-ethyl adjacent to an activating group) is 1. The lowest BCUT2D eigenvalue weighted by Crippen LogP contribution is -2.41. The average Bonchev–Trinajstić information content (AvgIpc) is 3.08. The lowest BCUT2D eigenvalue weighted by Gasteiger charge is -2.26. The summed E-state index contributed by atoms with van der Waals surface area (Å²) in [7, 11) is 2.93. The van der Waals surface area contributed by atoms with E-state index in [-0.39, 0.29) is 11.7 Å². The summed E-state index contributed by atoms with van der Waals surface area (Å²) in [6, 6.07) is 18.1. The topological polar surface area (TPSA) is 105 Å². The largest absolute Gasteiger partial charge is 0.497 e. The molecule has 2 aromatic carbocycles. The molecular formula is C24H19F2N5O2. The molecule has 0 bridgehead atoms. The van der Waals surface area contributed by atoms with Gasteiger partial charge in [-0.3, -0.25) is 9.69 Å². The molecule has 0 spiro atoms. The molecule has 0 aliphatic carbocycles. The quantitative estimate of drug-likeness (QED) is 0.644. The number of guanidine groups is 1. The van der Waals surface area contributed by atoms with Crippen molar-refractivity contribution in [2.75, 3.05) is 14.2 Å². The van der Waals surface area contributed by atoms with Crippen LogP contribution in [0, 0.1) is 11.3 Å². The van der Waals surface area contributed by atoms with Gasteiger partial charge in [0.2, 0.25) is 5.54 Å². The van der Waals surface area contributed by atoms with E-state index < -0.39 is 23.6 Å². The number of nitriles is 1. The number of benzene rings is 2. The Balaban J connectivity index is 2.00. The number of aliphatic imine (C=N–C) groups is 1. The first-order valence-electron chi connectivity index (χ1n) is 9.89. The second-order valence-corrected chi connectivity index (χ2v) is 7.44. The van der Waals surface area contributed by atoms with Crippen LogP contribution in [0.25, 0.3) is 11.1 Å². The summed E-state index contributed by atoms with van der Waals surface area (Å²) in [5.41, 5.74) is 5.89. The second-order valence-electron chi connectivity index (χ2n) is 7.44. The Morgan fingerprint density at radius 1 is 1.12 bits per heavy atom. The zero-order chi connectivity index (χ0) is 23.8. The van der Waals surface area contributed by atoms with Gasteiger partial charge in [-0.15, -0.1) is 0 Å². The lowest BCUT2D eigenvalue weighted by molar-refractivity contribution is -0.129. The molecule has 1 aliphatic rings. The molecule has 2 N–H and O–H groups in total. The number of halogens is 2. The maximum Gasteiger partial charge on any atom is 0.280 e. The summed E-state index contributed by atoms with van der Waals surface area (Å²) < 4.78 is 32.3. The van der Waals surface area contributed by atoms with E-state index in [2.05, 4.69) is 16.0 Å². The normalized spacial score (nSPS) is 17.8. The summed E-state index contributed by atoms with van der Waals surface area (Å²) in [5.74, 6) is -0.200. The van der Waals surface area contributed by atoms with Crippen LogP contribution in [0.1, 0.15) is 28.9 Å². The Kier molecular flexibility index (Phi) is 5.52. The number of alkyl halides is 2. The van der Waals surface area contributed by atoms with Gasteiger partial charge in [0.1, 0.15) is 11.4 Å². The van der Waals surface area contributed by atoms with Crippen LogP contribution in [0.2, 0.25) is 0 Å². The Bertz CT molecular complexity index is 1320. The maximum atomic E-state index is 13.5. The SMILES string of the molecule is COc1cc(-c2cccc(C#N)c2)cc(C2(c3cccc(C(F)F)n3)N=C(N)N(C)C2=O)c1. The van der Waals surface area contributed by atoms with Gasteiger partial charge >= 0.3 is 0 Å². The number of pyridine rings is 1. The highest BCUT2D eigenvalue weighted by molar-refractivity contribution is 6.08. The highest BCUT2D eigenvalue weighted by Gasteiger charge is 2.51. The van der Waals surface area contributed by atoms with Gasteiger partial charge in [-0.25, -0.2) is 18.8 Å². The Labute approximate surface area is 188 Å². The van der Waals surface area contributed by atoms with Crippen molar-refractivity contribution in [1.82, 2.24) is 9.88 Å². The van der Waals surface area contributed by atoms with Crippen molar-refractivity contribution in [3.63, 3.8) is 0 Å². The van der Waals surface area contributed by atoms with Crippen molar-refractivity contribution >= 4 is 11.9 Å². The first-order valence-corrected chi connectivity index (χ1v) is 9.89. The Morgan fingerprint density at radius 2 is 1.88 bits per heavy atom. The number of nitrogens with two attached hydrogens (primary N) is 1. The van der Waals surface area contributed by atoms with Crippen molar-refractivity contribution in [2.45, 2.75) is 12.0 Å². The van der Waals surface area contributed by atoms with Crippen molar-refractivity contribution in [2.24, 2.45) is 10.7 Å². The zero-order valence-corrected chi connectivity index (χ0v) is 17.8. The van der Waals surface area contributed by atoms with E-state index in [1.807, 2.05) is 6.07 Å². The first kappa shape index (κ1) is 21.9. The number of carbonyl (C=O) groups is 1. The average molecular weight is 447 g/mol. The number of ether oxygens (including phenoxy) is 1. The molecule has 0 radical (unpaired) electrons. The summed E-state index contributed by atoms with van der Waals surface area (Å²) in [6.07, 6.45) is -2.83. The third-order valence-electron chi connectivity index (χ3n) is 5.49. The summed E-state index contributed by atoms with van der Waals surface area (Å²) >= 11 is 0. The molecule has 1 aromatic heterocycles. The number of aromatic nitrogens is 1. The van der Waals surface area contributed by atoms with E-state index in [4.69, 9.17) is 10.5 Å². The van der Waals surface area contributed by atoms with E-state index in [0.717, 1.165) is 4.90 Å². The minimum atomic E-state index is -2.83. The zero-order valence-electron chi connectivity index (χ0n) is 17.8. The number of rotatable bonds is 5. The molecule has 3 aromatic rings. The fraction of sp³-hybridized carbons (Fsp3) is 0.167. The van der Waals surface area contributed by atoms with Gasteiger partial charge in [-0.05, 0) is 59.2 Å². The van der Waals surface area contributed by atoms with Gasteiger partial charge in [0.25, 0.3) is 12.3 Å². The van der Waals surface area contributed by atoms with Crippen LogP contribution in [0.5, 0.6) is 5.75 Å². The first-order chi connectivity index (χ1) is 15.8. The summed E-state index contributed by atoms with van der Waals surface area (Å²) in [4.78, 5) is 23.1. The molecule has 33 heavy (non-hydrogen) atoms. The number of methoxy groups -OCH3 is 1. The maximum absolute atomic E-state index is 13.5. The summed E-state index contributed by atoms with van der Waals surface area (Å²) in [5, 5.41) is 9.26. The fourth-order valence-corrected chi connectivity index (χ4v) is 3.78. The third kappa shape index (κ3) is 3.65. The number of hydrogen-bond acceptors (Lipinski definition) is 6. The smallest absolute Gasteiger partial charge is 0.280 e. The number of amides is 1. The minimum Gasteiger partial charge on any atom is -0.497 e. The second kappa shape index (κ2) is 8.31. The molecule has 166 valence electrons. The van der Waals surface area contributed by atoms with E-state index in [1.165, 1.54) is 32.4 Å². The molecule has 9 heteroatoms. The van der Waals surface area contributed by atoms with Gasteiger partial charge in [0.15, 0.2) is 5.96 Å². The van der Waals surface area contributed by atoms with Crippen molar-refractivity contribution < 1.29 is 18.3 Å². The fourth-order valence-electron chi connectivity index (χ4n) is 3.78. The van der Waals surface area contributed by atoms with Gasteiger partial charge in [-0.1, -0.05) is 18.2 Å². The minimum absolute atomic E-state index is 0.0163. The van der Waals surface area contributed by atoms with Crippen molar-refractivity contribution in [3.05, 3.63) is 83.2 Å². The summed E-state index contributed by atoms with van der Waals surface area (Å²) in [6.45, 7) is 0. The third-order valence-corrected chi connectivity index (χ3v) is 5.49. The molecular weight excluding hydrogens is 428 g/mol. The highest BCUT2D eigenvalue weighted by Crippen LogP contribution is 2.42. The molecule has 7 nitrogen and oxygen atoms in total. The van der Waals surface area contributed by atoms with E-state index in [9.17, 15) is 18.8 Å².